The number of hydrogen-bond acceptors (Lipinski definition) is 4. The molecule has 3 amide bonds. The highest BCUT2D eigenvalue weighted by Crippen LogP contribution is 2.30. The Morgan fingerprint density at radius 3 is 2.31 bits per heavy atom. The van der Waals surface area contributed by atoms with Crippen LogP contribution in [0.5, 0.6) is 0 Å². The number of hydrogen-bond donors (Lipinski definition) is 3. The van der Waals surface area contributed by atoms with Crippen LogP contribution >= 0.6 is 11.3 Å². The summed E-state index contributed by atoms with van der Waals surface area (Å²) < 4.78 is 0. The van der Waals surface area contributed by atoms with E-state index in [-0.39, 0.29) is 23.6 Å². The Morgan fingerprint density at radius 2 is 1.69 bits per heavy atom. The molecule has 0 aliphatic heterocycles. The Bertz CT molecular complexity index is 768. The Labute approximate surface area is 156 Å². The number of carbonyl (C=O) groups is 3. The molecule has 0 atom stereocenters. The van der Waals surface area contributed by atoms with Gasteiger partial charge in [-0.3, -0.25) is 14.4 Å². The quantitative estimate of drug-likeness (QED) is 0.623. The molecule has 0 unspecified atom stereocenters. The second kappa shape index (κ2) is 8.62. The summed E-state index contributed by atoms with van der Waals surface area (Å²) in [6, 6.07) is 8.84. The van der Waals surface area contributed by atoms with Gasteiger partial charge < -0.3 is 16.0 Å². The maximum atomic E-state index is 12.0. The van der Waals surface area contributed by atoms with Crippen molar-refractivity contribution in [1.29, 1.82) is 0 Å². The average molecular weight is 371 g/mol. The van der Waals surface area contributed by atoms with Gasteiger partial charge in [-0.1, -0.05) is 0 Å². The van der Waals surface area contributed by atoms with Gasteiger partial charge in [-0.15, -0.1) is 0 Å². The summed E-state index contributed by atoms with van der Waals surface area (Å²) in [7, 11) is 0. The van der Waals surface area contributed by atoms with Gasteiger partial charge in [0, 0.05) is 41.2 Å². The van der Waals surface area contributed by atoms with Crippen molar-refractivity contribution in [3.8, 4) is 0 Å². The van der Waals surface area contributed by atoms with Crippen LogP contribution in [0.2, 0.25) is 0 Å². The van der Waals surface area contributed by atoms with E-state index in [0.717, 1.165) is 18.5 Å². The van der Waals surface area contributed by atoms with Gasteiger partial charge in [-0.25, -0.2) is 0 Å². The minimum absolute atomic E-state index is 0.0614. The van der Waals surface area contributed by atoms with Crippen molar-refractivity contribution in [1.82, 2.24) is 5.32 Å². The summed E-state index contributed by atoms with van der Waals surface area (Å²) in [4.78, 5) is 35.4. The van der Waals surface area contributed by atoms with Crippen molar-refractivity contribution in [2.45, 2.75) is 25.7 Å². The van der Waals surface area contributed by atoms with Gasteiger partial charge in [0.2, 0.25) is 11.8 Å². The predicted octanol–water partition coefficient (Wildman–Crippen LogP) is 3.25. The first-order valence-corrected chi connectivity index (χ1v) is 9.57. The summed E-state index contributed by atoms with van der Waals surface area (Å²) in [6.07, 6.45) is 2.82. The van der Waals surface area contributed by atoms with Crippen LogP contribution in [0.15, 0.2) is 41.1 Å². The lowest BCUT2D eigenvalue weighted by Gasteiger charge is -2.08. The summed E-state index contributed by atoms with van der Waals surface area (Å²) >= 11 is 1.47. The molecule has 1 heterocycles. The normalized spacial score (nSPS) is 13.1. The first-order chi connectivity index (χ1) is 12.6. The molecule has 136 valence electrons. The fraction of sp³-hybridized carbons (Fsp3) is 0.316. The van der Waals surface area contributed by atoms with E-state index in [0.29, 0.717) is 30.6 Å². The van der Waals surface area contributed by atoms with Gasteiger partial charge in [0.05, 0.1) is 0 Å². The third-order valence-corrected chi connectivity index (χ3v) is 4.72. The van der Waals surface area contributed by atoms with E-state index < -0.39 is 0 Å². The van der Waals surface area contributed by atoms with Crippen LogP contribution in [0.3, 0.4) is 0 Å². The second-order valence-corrected chi connectivity index (χ2v) is 7.04. The fourth-order valence-electron chi connectivity index (χ4n) is 2.40. The van der Waals surface area contributed by atoms with Crippen LogP contribution in [0.25, 0.3) is 0 Å². The number of benzene rings is 1. The molecule has 3 N–H and O–H groups in total. The Hall–Kier alpha value is -2.67. The lowest BCUT2D eigenvalue weighted by atomic mass is 10.2. The molecule has 7 heteroatoms. The average Bonchev–Trinajstić information content (AvgIpc) is 3.35. The molecule has 0 bridgehead atoms. The van der Waals surface area contributed by atoms with Crippen molar-refractivity contribution in [3.63, 3.8) is 0 Å². The van der Waals surface area contributed by atoms with Crippen molar-refractivity contribution < 1.29 is 14.4 Å². The largest absolute Gasteiger partial charge is 0.352 e. The van der Waals surface area contributed by atoms with Gasteiger partial charge in [-0.05, 0) is 55.0 Å². The highest BCUT2D eigenvalue weighted by molar-refractivity contribution is 7.08. The highest BCUT2D eigenvalue weighted by atomic mass is 32.1. The van der Waals surface area contributed by atoms with E-state index in [4.69, 9.17) is 0 Å². The fourth-order valence-corrected chi connectivity index (χ4v) is 3.03. The van der Waals surface area contributed by atoms with Crippen LogP contribution < -0.4 is 16.0 Å². The van der Waals surface area contributed by atoms with Crippen LogP contribution in [0.1, 0.15) is 36.0 Å². The minimum Gasteiger partial charge on any atom is -0.352 e. The van der Waals surface area contributed by atoms with Gasteiger partial charge in [-0.2, -0.15) is 11.3 Å². The maximum Gasteiger partial charge on any atom is 0.252 e. The zero-order valence-corrected chi connectivity index (χ0v) is 15.1. The molecule has 1 aromatic heterocycles. The molecule has 1 fully saturated rings. The molecule has 1 aliphatic rings. The molecule has 1 aliphatic carbocycles. The predicted molar refractivity (Wildman–Crippen MR) is 102 cm³/mol. The zero-order chi connectivity index (χ0) is 18.4. The lowest BCUT2D eigenvalue weighted by molar-refractivity contribution is -0.117. The van der Waals surface area contributed by atoms with E-state index in [9.17, 15) is 14.4 Å². The van der Waals surface area contributed by atoms with Gasteiger partial charge in [0.25, 0.3) is 5.91 Å². The highest BCUT2D eigenvalue weighted by Gasteiger charge is 2.29. The number of amides is 3. The third kappa shape index (κ3) is 5.42. The van der Waals surface area contributed by atoms with Crippen molar-refractivity contribution in [2.24, 2.45) is 5.92 Å². The number of nitrogens with one attached hydrogen (secondary N) is 3. The van der Waals surface area contributed by atoms with E-state index in [2.05, 4.69) is 16.0 Å². The standard InChI is InChI=1S/C19H21N3O3S/c23-17(2-1-10-20-18(24)14-9-11-26-12-14)21-15-5-7-16(8-6-15)22-19(25)13-3-4-13/h5-9,11-13H,1-4,10H2,(H,20,24)(H,21,23)(H,22,25). The Balaban J connectivity index is 1.35. The SMILES string of the molecule is O=C(CCCNC(=O)c1ccsc1)Nc1ccc(NC(=O)C2CC2)cc1. The summed E-state index contributed by atoms with van der Waals surface area (Å²) in [5, 5.41) is 12.1. The molecule has 6 nitrogen and oxygen atoms in total. The summed E-state index contributed by atoms with van der Waals surface area (Å²) in [6.45, 7) is 0.453. The lowest BCUT2D eigenvalue weighted by Crippen LogP contribution is -2.25. The number of thiophene rings is 1. The topological polar surface area (TPSA) is 87.3 Å². The third-order valence-electron chi connectivity index (χ3n) is 4.03. The Kier molecular flexibility index (Phi) is 6.01. The van der Waals surface area contributed by atoms with Gasteiger partial charge in [0.15, 0.2) is 0 Å². The smallest absolute Gasteiger partial charge is 0.252 e. The molecule has 0 spiro atoms. The molecule has 26 heavy (non-hydrogen) atoms. The van der Waals surface area contributed by atoms with Crippen LogP contribution in [0.4, 0.5) is 11.4 Å². The van der Waals surface area contributed by atoms with Crippen LogP contribution in [-0.2, 0) is 9.59 Å². The molecule has 1 aromatic carbocycles. The maximum absolute atomic E-state index is 12.0. The molecule has 3 rings (SSSR count). The first kappa shape index (κ1) is 18.1. The zero-order valence-electron chi connectivity index (χ0n) is 14.3. The Morgan fingerprint density at radius 1 is 1.00 bits per heavy atom. The number of carbonyl (C=O) groups excluding carboxylic acids is 3. The monoisotopic (exact) mass is 371 g/mol. The van der Waals surface area contributed by atoms with Crippen molar-refractivity contribution >= 4 is 40.4 Å². The first-order valence-electron chi connectivity index (χ1n) is 8.63. The second-order valence-electron chi connectivity index (χ2n) is 6.26. The van der Waals surface area contributed by atoms with Gasteiger partial charge >= 0.3 is 0 Å². The molecular weight excluding hydrogens is 350 g/mol. The molecule has 0 radical (unpaired) electrons. The van der Waals surface area contributed by atoms with Crippen molar-refractivity contribution in [2.75, 3.05) is 17.2 Å². The molecule has 2 aromatic rings. The minimum atomic E-state index is -0.115. The molecule has 1 saturated carbocycles. The summed E-state index contributed by atoms with van der Waals surface area (Å²) in [5.74, 6) is 0.000862. The van der Waals surface area contributed by atoms with Gasteiger partial charge in [0.1, 0.15) is 0 Å². The van der Waals surface area contributed by atoms with E-state index in [1.165, 1.54) is 11.3 Å². The van der Waals surface area contributed by atoms with E-state index in [1.807, 2.05) is 5.38 Å². The molecular formula is C19H21N3O3S. The number of anilines is 2. The van der Waals surface area contributed by atoms with Crippen LogP contribution in [-0.4, -0.2) is 24.3 Å². The van der Waals surface area contributed by atoms with E-state index in [1.54, 1.807) is 35.7 Å². The summed E-state index contributed by atoms with van der Waals surface area (Å²) in [5.41, 5.74) is 2.06. The van der Waals surface area contributed by atoms with Crippen molar-refractivity contribution in [3.05, 3.63) is 46.7 Å². The van der Waals surface area contributed by atoms with E-state index >= 15 is 0 Å². The number of rotatable bonds is 8. The van der Waals surface area contributed by atoms with Crippen LogP contribution in [0, 0.1) is 5.92 Å². The molecule has 0 saturated heterocycles.